The number of hydrogen-bond acceptors (Lipinski definition) is 8. The predicted molar refractivity (Wildman–Crippen MR) is 289 cm³/mol. The van der Waals surface area contributed by atoms with Gasteiger partial charge in [0.2, 0.25) is 0 Å². The summed E-state index contributed by atoms with van der Waals surface area (Å²) in [6.07, 6.45) is 26.1. The molecule has 8 atom stereocenters. The molecule has 3 saturated carbocycles. The Bertz CT molecular complexity index is 1810. The van der Waals surface area contributed by atoms with Crippen LogP contribution >= 0.6 is 23.2 Å². The second-order valence-electron chi connectivity index (χ2n) is 19.8. The minimum atomic E-state index is -0.148. The van der Waals surface area contributed by atoms with E-state index in [1.54, 1.807) is 0 Å². The summed E-state index contributed by atoms with van der Waals surface area (Å²) >= 11 is 12.1. The largest absolute Gasteiger partial charge is 2.00 e. The first-order valence-corrected chi connectivity index (χ1v) is 26.3. The van der Waals surface area contributed by atoms with Crippen LogP contribution in [0.5, 0.6) is 0 Å². The number of hydrogen-bond donors (Lipinski definition) is 0. The van der Waals surface area contributed by atoms with Crippen LogP contribution in [0, 0.1) is 65.9 Å². The Hall–Kier alpha value is -2.39. The summed E-state index contributed by atoms with van der Waals surface area (Å²) in [5, 5.41) is 1.44. The zero-order valence-corrected chi connectivity index (χ0v) is 49.1. The maximum Gasteiger partial charge on any atom is 2.00 e. The fraction of sp³-hybridized carbons (Fsp3) is 0.633. The zero-order valence-electron chi connectivity index (χ0n) is 44.6. The summed E-state index contributed by atoms with van der Waals surface area (Å²) in [5.41, 5.74) is 2.36. The molecule has 0 amide bonds. The van der Waals surface area contributed by atoms with Gasteiger partial charge in [0.15, 0.2) is 0 Å². The molecule has 421 valence electrons. The first kappa shape index (κ1) is 76.8. The van der Waals surface area contributed by atoms with Crippen LogP contribution in [-0.4, -0.2) is 84.8 Å². The van der Waals surface area contributed by atoms with Gasteiger partial charge in [-0.3, -0.25) is 29.0 Å². The summed E-state index contributed by atoms with van der Waals surface area (Å²) < 4.78 is 33.0. The van der Waals surface area contributed by atoms with E-state index in [4.69, 9.17) is 46.6 Å². The van der Waals surface area contributed by atoms with Crippen molar-refractivity contribution in [2.75, 3.05) is 27.3 Å². The van der Waals surface area contributed by atoms with Crippen molar-refractivity contribution in [1.82, 2.24) is 9.80 Å². The number of ether oxygens (including phenoxy) is 2. The van der Waals surface area contributed by atoms with E-state index in [0.29, 0.717) is 48.3 Å². The molecule has 4 saturated heterocycles. The molecule has 1 radical (unpaired) electrons. The summed E-state index contributed by atoms with van der Waals surface area (Å²) in [6.45, 7) is 15.3. The van der Waals surface area contributed by atoms with Crippen LogP contribution in [-0.2, 0) is 79.8 Å². The van der Waals surface area contributed by atoms with Gasteiger partial charge >= 0.3 is 62.9 Å². The molecular weight excluding hydrogens is 1120 g/mol. The smallest absolute Gasteiger partial charge is 0.358 e. The summed E-state index contributed by atoms with van der Waals surface area (Å²) in [5.74, 6) is 1.36. The number of halogens is 2. The first-order valence-electron chi connectivity index (χ1n) is 25.5. The number of rotatable bonds is 14. The molecule has 0 aromatic heterocycles. The number of esters is 2. The normalized spacial score (nSPS) is 24.8. The zero-order chi connectivity index (χ0) is 50.3. The Kier molecular flexibility index (Phi) is 42.6. The van der Waals surface area contributed by atoms with Crippen LogP contribution < -0.4 is 0 Å². The van der Waals surface area contributed by atoms with Crippen molar-refractivity contribution in [2.24, 2.45) is 23.7 Å². The van der Waals surface area contributed by atoms with Gasteiger partial charge in [0.05, 0.1) is 26.1 Å². The minimum absolute atomic E-state index is 0. The van der Waals surface area contributed by atoms with Crippen molar-refractivity contribution in [1.29, 1.82) is 0 Å². The number of nitrogens with zero attached hydrogens (tertiary/aromatic N) is 2. The van der Waals surface area contributed by atoms with Gasteiger partial charge in [0, 0.05) is 90.8 Å². The van der Waals surface area contributed by atoms with Crippen molar-refractivity contribution in [3.63, 3.8) is 0 Å². The van der Waals surface area contributed by atoms with E-state index in [-0.39, 0.29) is 115 Å². The monoisotopic (exact) mass is 1200 g/mol. The van der Waals surface area contributed by atoms with E-state index in [2.05, 4.69) is 54.0 Å². The van der Waals surface area contributed by atoms with Gasteiger partial charge in [-0.2, -0.15) is 0 Å². The van der Waals surface area contributed by atoms with Gasteiger partial charge in [-0.15, -0.1) is 0 Å². The van der Waals surface area contributed by atoms with Gasteiger partial charge in [-0.1, -0.05) is 113 Å². The standard InChI is InChI=1S/2C24H32ClNO3.C5H10.3CO.CH4.3CH3.Fe.Tc/c2*1-29-24(28)23-20(16-8-10-18(25)11-9-16)15-19-12-13-21(23)26(19)14-4-7-22(27)17-5-2-3-6-17;1-2-4-5-3-1;3*1-2;;;;;;/h2*8-11,17,19-21,23H,2-7,12-15H2,1H3;1-5H2;;;;1H4;3*1H3;;/q;;;;;;;3*-1;+2;. The molecule has 4 heterocycles. The van der Waals surface area contributed by atoms with Gasteiger partial charge in [-0.05, 0) is 126 Å². The summed E-state index contributed by atoms with van der Waals surface area (Å²) in [6, 6.07) is 17.3. The molecule has 8 unspecified atom stereocenters. The average Bonchev–Trinajstić information content (AvgIpc) is 4.27. The Morgan fingerprint density at radius 2 is 0.813 bits per heavy atom. The van der Waals surface area contributed by atoms with E-state index in [0.717, 1.165) is 100 Å². The van der Waals surface area contributed by atoms with E-state index in [1.165, 1.54) is 83.1 Å². The third-order valence-corrected chi connectivity index (χ3v) is 16.7. The SMILES string of the molecule is C.C1CCCC1.COC(=O)C1C(c2ccc(Cl)cc2)CC2CCC1N2CCCC(=O)C1CCCC1.COC(=O)C1C(c2ccc(Cl)cc2)CC2CCC1N2CCCC(=O)C1CCCC1.[C-]#[O+].[C-]#[O+].[C-]#[O+].[CH3-].[CH3-].[CH3-].[Fe+2].[Tc]. The van der Waals surface area contributed by atoms with Crippen LogP contribution in [0.25, 0.3) is 0 Å². The van der Waals surface area contributed by atoms with Crippen LogP contribution in [0.4, 0.5) is 0 Å². The Morgan fingerprint density at radius 3 is 1.09 bits per heavy atom. The number of piperidine rings is 2. The quantitative estimate of drug-likeness (QED) is 0.0784. The van der Waals surface area contributed by atoms with Crippen LogP contribution in [0.2, 0.25) is 10.0 Å². The first-order chi connectivity index (χ1) is 33.7. The van der Waals surface area contributed by atoms with Crippen molar-refractivity contribution in [2.45, 2.75) is 191 Å². The second kappa shape index (κ2) is 41.6. The van der Waals surface area contributed by atoms with Gasteiger partial charge < -0.3 is 31.8 Å². The fourth-order valence-corrected chi connectivity index (χ4v) is 13.3. The molecule has 11 nitrogen and oxygen atoms in total. The molecule has 3 aliphatic carbocycles. The van der Waals surface area contributed by atoms with Gasteiger partial charge in [-0.25, -0.2) is 0 Å². The van der Waals surface area contributed by atoms with Crippen molar-refractivity contribution in [3.8, 4) is 0 Å². The third-order valence-electron chi connectivity index (χ3n) is 16.2. The minimum Gasteiger partial charge on any atom is -0.358 e. The summed E-state index contributed by atoms with van der Waals surface area (Å²) in [7, 11) is 2.99. The Balaban J connectivity index is -0.00000108. The number of Topliss-reactive ketones (excluding diaryl/α,β-unsaturated/α-hetero) is 2. The number of methoxy groups -OCH3 is 2. The maximum atomic E-state index is 12.8. The van der Waals surface area contributed by atoms with E-state index in [9.17, 15) is 19.2 Å². The number of carbonyl (C=O) groups is 4. The molecule has 15 heteroatoms. The molecule has 7 aliphatic rings. The second-order valence-corrected chi connectivity index (χ2v) is 20.7. The third kappa shape index (κ3) is 21.6. The van der Waals surface area contributed by atoms with E-state index in [1.807, 2.05) is 24.3 Å². The van der Waals surface area contributed by atoms with Gasteiger partial charge in [0.1, 0.15) is 11.6 Å². The molecule has 4 bridgehead atoms. The average molecular weight is 1210 g/mol. The van der Waals surface area contributed by atoms with Crippen molar-refractivity contribution < 1.29 is 79.8 Å². The number of fused-ring (bicyclic) bond motifs is 4. The van der Waals surface area contributed by atoms with Crippen LogP contribution in [0.3, 0.4) is 0 Å². The molecule has 2 aromatic carbocycles. The molecule has 0 spiro atoms. The molecule has 9 rings (SSSR count). The van der Waals surface area contributed by atoms with Crippen molar-refractivity contribution >= 4 is 46.7 Å². The number of ketones is 2. The van der Waals surface area contributed by atoms with E-state index < -0.39 is 0 Å². The predicted octanol–water partition coefficient (Wildman–Crippen LogP) is 13.8. The topological polar surface area (TPSA) is 153 Å². The maximum absolute atomic E-state index is 12.8. The molecule has 4 aliphatic heterocycles. The number of carbonyl (C=O) groups excluding carboxylic acids is 4. The Labute approximate surface area is 487 Å². The van der Waals surface area contributed by atoms with Crippen LogP contribution in [0.1, 0.15) is 178 Å². The molecule has 75 heavy (non-hydrogen) atoms. The molecule has 2 aromatic rings. The fourth-order valence-electron chi connectivity index (χ4n) is 13.0. The van der Waals surface area contributed by atoms with Crippen LogP contribution in [0.15, 0.2) is 48.5 Å². The molecule has 7 fully saturated rings. The van der Waals surface area contributed by atoms with E-state index >= 15 is 0 Å². The van der Waals surface area contributed by atoms with Gasteiger partial charge in [0.25, 0.3) is 0 Å². The Morgan fingerprint density at radius 1 is 0.520 bits per heavy atom. The summed E-state index contributed by atoms with van der Waals surface area (Å²) in [4.78, 5) is 55.5. The molecule has 0 N–H and O–H groups in total. The molecular formula is C60H87Cl2FeN2O9Tc-. The van der Waals surface area contributed by atoms with Crippen molar-refractivity contribution in [3.05, 3.63) is 112 Å². The number of benzene rings is 2.